The van der Waals surface area contributed by atoms with Gasteiger partial charge < -0.3 is 25.4 Å². The number of nitrogens with zero attached hydrogens (tertiary/aromatic N) is 1. The Morgan fingerprint density at radius 3 is 2.81 bits per heavy atom. The number of aliphatic hydroxyl groups is 3. The maximum atomic E-state index is 9.86. The number of fused-ring (bicyclic) bond motifs is 1. The molecule has 2 aliphatic heterocycles. The van der Waals surface area contributed by atoms with E-state index in [0.29, 0.717) is 11.7 Å². The lowest BCUT2D eigenvalue weighted by Gasteiger charge is -2.38. The first-order chi connectivity index (χ1) is 7.67. The van der Waals surface area contributed by atoms with Gasteiger partial charge in [-0.05, 0) is 6.92 Å². The van der Waals surface area contributed by atoms with Crippen LogP contribution in [-0.4, -0.2) is 63.4 Å². The number of thioether (sulfide) groups is 1. The molecule has 2 fully saturated rings. The molecule has 0 spiro atoms. The third-order valence-corrected chi connectivity index (χ3v) is 3.81. The van der Waals surface area contributed by atoms with Crippen molar-refractivity contribution in [2.75, 3.05) is 13.2 Å². The quantitative estimate of drug-likeness (QED) is 0.475. The molecule has 2 rings (SSSR count). The molecule has 7 heteroatoms. The van der Waals surface area contributed by atoms with Crippen LogP contribution in [0.15, 0.2) is 4.99 Å². The molecule has 16 heavy (non-hydrogen) atoms. The van der Waals surface area contributed by atoms with Gasteiger partial charge in [-0.15, -0.1) is 0 Å². The average molecular weight is 248 g/mol. The van der Waals surface area contributed by atoms with E-state index in [2.05, 4.69) is 10.3 Å². The molecule has 0 bridgehead atoms. The Bertz CT molecular complexity index is 289. The normalized spacial score (nSPS) is 45.5. The third-order valence-electron chi connectivity index (χ3n) is 2.70. The number of aliphatic imine (C=N–C) groups is 1. The van der Waals surface area contributed by atoms with Gasteiger partial charge >= 0.3 is 0 Å². The lowest BCUT2D eigenvalue weighted by Crippen LogP contribution is -2.59. The van der Waals surface area contributed by atoms with Crippen LogP contribution in [0, 0.1) is 0 Å². The Kier molecular flexibility index (Phi) is 3.70. The molecule has 4 N–H and O–H groups in total. The summed E-state index contributed by atoms with van der Waals surface area (Å²) >= 11 is 1.38. The van der Waals surface area contributed by atoms with Crippen molar-refractivity contribution in [2.45, 2.75) is 36.7 Å². The van der Waals surface area contributed by atoms with Crippen LogP contribution in [-0.2, 0) is 4.74 Å². The standard InChI is InChI=1S/C9H16N2O4S/c1-2-10-9-11-5-7(14)6(13)4(3-12)15-8(5)16-9/h4-8,12-14H,2-3H2,1H3,(H,10,11)/t4-,5-,6+,7+,8+/m0/s1. The molecule has 92 valence electrons. The molecule has 0 saturated carbocycles. The summed E-state index contributed by atoms with van der Waals surface area (Å²) in [5.74, 6) is 0. The second kappa shape index (κ2) is 4.89. The Hall–Kier alpha value is -0.340. The molecule has 0 unspecified atom stereocenters. The molecule has 5 atom stereocenters. The summed E-state index contributed by atoms with van der Waals surface area (Å²) in [6, 6.07) is -0.368. The highest BCUT2D eigenvalue weighted by atomic mass is 32.2. The van der Waals surface area contributed by atoms with E-state index in [9.17, 15) is 10.2 Å². The molecule has 2 saturated heterocycles. The van der Waals surface area contributed by atoms with Crippen molar-refractivity contribution in [2.24, 2.45) is 4.99 Å². The van der Waals surface area contributed by atoms with Crippen molar-refractivity contribution < 1.29 is 20.1 Å². The zero-order chi connectivity index (χ0) is 11.7. The highest BCUT2D eigenvalue weighted by Crippen LogP contribution is 2.33. The summed E-state index contributed by atoms with van der Waals surface area (Å²) < 4.78 is 5.48. The van der Waals surface area contributed by atoms with Gasteiger partial charge in [0.2, 0.25) is 0 Å². The van der Waals surface area contributed by atoms with E-state index in [-0.39, 0.29) is 18.1 Å². The SMILES string of the molecule is CCN=C1N[C@H]2[C@@H](O)[C@H](O)[C@H](CO)O[C@@H]2S1. The van der Waals surface area contributed by atoms with Crippen LogP contribution < -0.4 is 5.32 Å². The smallest absolute Gasteiger partial charge is 0.159 e. The minimum absolute atomic E-state index is 0.303. The van der Waals surface area contributed by atoms with Gasteiger partial charge in [0.05, 0.1) is 12.6 Å². The van der Waals surface area contributed by atoms with Crippen molar-refractivity contribution in [1.29, 1.82) is 0 Å². The minimum atomic E-state index is -1.07. The van der Waals surface area contributed by atoms with Crippen LogP contribution in [0.3, 0.4) is 0 Å². The van der Waals surface area contributed by atoms with Gasteiger partial charge in [-0.25, -0.2) is 0 Å². The van der Waals surface area contributed by atoms with Crippen LogP contribution in [0.5, 0.6) is 0 Å². The van der Waals surface area contributed by atoms with E-state index in [1.54, 1.807) is 0 Å². The zero-order valence-electron chi connectivity index (χ0n) is 8.91. The van der Waals surface area contributed by atoms with Gasteiger partial charge in [-0.2, -0.15) is 0 Å². The van der Waals surface area contributed by atoms with E-state index in [4.69, 9.17) is 9.84 Å². The number of rotatable bonds is 2. The summed E-state index contributed by atoms with van der Waals surface area (Å²) in [6.07, 6.45) is -2.75. The average Bonchev–Trinajstić information content (AvgIpc) is 2.67. The number of ether oxygens (including phenoxy) is 1. The van der Waals surface area contributed by atoms with Gasteiger partial charge in [0.1, 0.15) is 23.7 Å². The molecule has 0 aromatic carbocycles. The zero-order valence-corrected chi connectivity index (χ0v) is 9.72. The molecule has 0 aromatic rings. The molecule has 0 radical (unpaired) electrons. The number of nitrogens with one attached hydrogen (secondary N) is 1. The van der Waals surface area contributed by atoms with Crippen LogP contribution in [0.25, 0.3) is 0 Å². The molecule has 2 heterocycles. The highest BCUT2D eigenvalue weighted by molar-refractivity contribution is 8.14. The highest BCUT2D eigenvalue weighted by Gasteiger charge is 2.48. The second-order valence-corrected chi connectivity index (χ2v) is 4.86. The number of hydrogen-bond acceptors (Lipinski definition) is 6. The second-order valence-electron chi connectivity index (χ2n) is 3.77. The maximum absolute atomic E-state index is 9.86. The summed E-state index contributed by atoms with van der Waals surface area (Å²) in [7, 11) is 0. The van der Waals surface area contributed by atoms with E-state index >= 15 is 0 Å². The molecule has 0 aliphatic carbocycles. The van der Waals surface area contributed by atoms with Crippen LogP contribution >= 0.6 is 11.8 Å². The molecule has 0 amide bonds. The lowest BCUT2D eigenvalue weighted by atomic mass is 9.98. The van der Waals surface area contributed by atoms with E-state index < -0.39 is 18.3 Å². The predicted octanol–water partition coefficient (Wildman–Crippen LogP) is -1.49. The third kappa shape index (κ3) is 2.05. The van der Waals surface area contributed by atoms with Crippen LogP contribution in [0.1, 0.15) is 6.92 Å². The summed E-state index contributed by atoms with van der Waals surface area (Å²) in [6.45, 7) is 2.26. The Labute approximate surface area is 97.7 Å². The molecular weight excluding hydrogens is 232 g/mol. The Morgan fingerprint density at radius 2 is 2.19 bits per heavy atom. The number of amidine groups is 1. The Morgan fingerprint density at radius 1 is 1.44 bits per heavy atom. The van der Waals surface area contributed by atoms with Crippen LogP contribution in [0.4, 0.5) is 0 Å². The number of aliphatic hydroxyl groups excluding tert-OH is 3. The van der Waals surface area contributed by atoms with E-state index in [0.717, 1.165) is 0 Å². The van der Waals surface area contributed by atoms with Gasteiger partial charge in [0.25, 0.3) is 0 Å². The Balaban J connectivity index is 2.10. The predicted molar refractivity (Wildman–Crippen MR) is 60.3 cm³/mol. The van der Waals surface area contributed by atoms with Crippen molar-refractivity contribution in [3.63, 3.8) is 0 Å². The van der Waals surface area contributed by atoms with Gasteiger partial charge in [0.15, 0.2) is 5.17 Å². The van der Waals surface area contributed by atoms with Gasteiger partial charge in [-0.3, -0.25) is 4.99 Å². The van der Waals surface area contributed by atoms with Gasteiger partial charge in [-0.1, -0.05) is 11.8 Å². The summed E-state index contributed by atoms with van der Waals surface area (Å²) in [5.41, 5.74) is -0.305. The van der Waals surface area contributed by atoms with Gasteiger partial charge in [0, 0.05) is 6.54 Å². The molecular formula is C9H16N2O4S. The maximum Gasteiger partial charge on any atom is 0.159 e. The molecule has 6 nitrogen and oxygen atoms in total. The first kappa shape index (κ1) is 12.1. The van der Waals surface area contributed by atoms with Crippen molar-refractivity contribution in [1.82, 2.24) is 5.32 Å². The fourth-order valence-electron chi connectivity index (χ4n) is 1.85. The van der Waals surface area contributed by atoms with Crippen molar-refractivity contribution in [3.8, 4) is 0 Å². The summed E-state index contributed by atoms with van der Waals surface area (Å²) in [5, 5.41) is 32.3. The number of hydrogen-bond donors (Lipinski definition) is 4. The fourth-order valence-corrected chi connectivity index (χ4v) is 3.05. The van der Waals surface area contributed by atoms with Crippen LogP contribution in [0.2, 0.25) is 0 Å². The minimum Gasteiger partial charge on any atom is -0.394 e. The molecule has 0 aromatic heterocycles. The van der Waals surface area contributed by atoms with E-state index in [1.165, 1.54) is 11.8 Å². The first-order valence-electron chi connectivity index (χ1n) is 5.27. The van der Waals surface area contributed by atoms with Crippen molar-refractivity contribution in [3.05, 3.63) is 0 Å². The lowest BCUT2D eigenvalue weighted by molar-refractivity contribution is -0.167. The van der Waals surface area contributed by atoms with Crippen molar-refractivity contribution >= 4 is 16.9 Å². The molecule has 2 aliphatic rings. The fraction of sp³-hybridized carbons (Fsp3) is 0.889. The first-order valence-corrected chi connectivity index (χ1v) is 6.15. The topological polar surface area (TPSA) is 94.3 Å². The summed E-state index contributed by atoms with van der Waals surface area (Å²) in [4.78, 5) is 4.19. The monoisotopic (exact) mass is 248 g/mol. The van der Waals surface area contributed by atoms with E-state index in [1.807, 2.05) is 6.92 Å². The largest absolute Gasteiger partial charge is 0.394 e.